The average Bonchev–Trinajstić information content (AvgIpc) is 2.13. The summed E-state index contributed by atoms with van der Waals surface area (Å²) in [4.78, 5) is 31.5. The predicted molar refractivity (Wildman–Crippen MR) is 55.5 cm³/mol. The van der Waals surface area contributed by atoms with Crippen LogP contribution >= 0.6 is 7.82 Å². The maximum absolute atomic E-state index is 11.2. The number of phosphoric ester groups is 1. The summed E-state index contributed by atoms with van der Waals surface area (Å²) in [5.41, 5.74) is 4.78. The molecular weight excluding hydrogens is 237 g/mol. The zero-order valence-electron chi connectivity index (χ0n) is 8.31. The third kappa shape index (κ3) is 4.54. The second kappa shape index (κ2) is 5.22. The van der Waals surface area contributed by atoms with Crippen LogP contribution in [-0.2, 0) is 15.6 Å². The first kappa shape index (κ1) is 12.9. The normalized spacial score (nSPS) is 11.6. The largest absolute Gasteiger partial charge is 0.469 e. The highest BCUT2D eigenvalue weighted by molar-refractivity contribution is 7.46. The molecule has 0 saturated heterocycles. The van der Waals surface area contributed by atoms with E-state index >= 15 is 0 Å². The van der Waals surface area contributed by atoms with E-state index in [2.05, 4.69) is 9.51 Å². The molecule has 0 unspecified atom stereocenters. The van der Waals surface area contributed by atoms with Crippen LogP contribution in [0.2, 0.25) is 0 Å². The van der Waals surface area contributed by atoms with Crippen molar-refractivity contribution in [1.82, 2.24) is 9.55 Å². The van der Waals surface area contributed by atoms with Gasteiger partial charge in [0.25, 0.3) is 0 Å². The van der Waals surface area contributed by atoms with Gasteiger partial charge < -0.3 is 15.5 Å². The SMILES string of the molecule is Nc1ccn(CCCOP(=O)(O)O)c(=O)n1. The first-order valence-electron chi connectivity index (χ1n) is 4.41. The lowest BCUT2D eigenvalue weighted by Crippen LogP contribution is -2.23. The smallest absolute Gasteiger partial charge is 0.383 e. The lowest BCUT2D eigenvalue weighted by atomic mass is 10.4. The average molecular weight is 249 g/mol. The molecule has 0 fully saturated rings. The molecule has 1 rings (SSSR count). The number of hydrogen-bond acceptors (Lipinski definition) is 5. The van der Waals surface area contributed by atoms with Gasteiger partial charge in [-0.25, -0.2) is 9.36 Å². The van der Waals surface area contributed by atoms with Crippen LogP contribution in [0.3, 0.4) is 0 Å². The number of hydrogen-bond donors (Lipinski definition) is 3. The van der Waals surface area contributed by atoms with E-state index in [0.717, 1.165) is 0 Å². The summed E-state index contributed by atoms with van der Waals surface area (Å²) >= 11 is 0. The quantitative estimate of drug-likeness (QED) is 0.466. The molecule has 0 aliphatic rings. The van der Waals surface area contributed by atoms with Crippen molar-refractivity contribution in [2.75, 3.05) is 12.3 Å². The Labute approximate surface area is 90.9 Å². The number of anilines is 1. The van der Waals surface area contributed by atoms with Crippen molar-refractivity contribution in [1.29, 1.82) is 0 Å². The van der Waals surface area contributed by atoms with Crippen LogP contribution in [0.5, 0.6) is 0 Å². The second-order valence-electron chi connectivity index (χ2n) is 3.01. The summed E-state index contributed by atoms with van der Waals surface area (Å²) in [5.74, 6) is 0.132. The van der Waals surface area contributed by atoms with E-state index in [9.17, 15) is 9.36 Å². The van der Waals surface area contributed by atoms with Crippen LogP contribution in [0.1, 0.15) is 6.42 Å². The van der Waals surface area contributed by atoms with Crippen molar-refractivity contribution in [2.24, 2.45) is 0 Å². The summed E-state index contributed by atoms with van der Waals surface area (Å²) in [6.07, 6.45) is 1.75. The summed E-state index contributed by atoms with van der Waals surface area (Å²) in [6.45, 7) is 0.118. The molecule has 0 radical (unpaired) electrons. The minimum absolute atomic E-state index is 0.132. The van der Waals surface area contributed by atoms with E-state index in [1.54, 1.807) is 0 Å². The molecule has 0 bridgehead atoms. The van der Waals surface area contributed by atoms with Crippen LogP contribution in [0, 0.1) is 0 Å². The number of nitrogen functional groups attached to an aromatic ring is 1. The topological polar surface area (TPSA) is 128 Å². The Bertz CT molecular complexity index is 454. The summed E-state index contributed by atoms with van der Waals surface area (Å²) in [7, 11) is -4.43. The molecule has 1 aromatic heterocycles. The van der Waals surface area contributed by atoms with Gasteiger partial charge in [-0.05, 0) is 12.5 Å². The van der Waals surface area contributed by atoms with Gasteiger partial charge in [-0.2, -0.15) is 4.98 Å². The number of nitrogens with two attached hydrogens (primary N) is 1. The van der Waals surface area contributed by atoms with Crippen LogP contribution < -0.4 is 11.4 Å². The predicted octanol–water partition coefficient (Wildman–Crippen LogP) is -0.675. The summed E-state index contributed by atoms with van der Waals surface area (Å²) in [6, 6.07) is 1.46. The highest BCUT2D eigenvalue weighted by atomic mass is 31.2. The van der Waals surface area contributed by atoms with Crippen LogP contribution in [0.25, 0.3) is 0 Å². The number of nitrogens with zero attached hydrogens (tertiary/aromatic N) is 2. The maximum Gasteiger partial charge on any atom is 0.469 e. The Morgan fingerprint density at radius 3 is 2.81 bits per heavy atom. The van der Waals surface area contributed by atoms with E-state index < -0.39 is 13.5 Å². The monoisotopic (exact) mass is 249 g/mol. The van der Waals surface area contributed by atoms with E-state index in [1.807, 2.05) is 0 Å². The standard InChI is InChI=1S/C7H12N3O5P/c8-6-2-4-10(7(11)9-6)3-1-5-15-16(12,13)14/h2,4H,1,3,5H2,(H2,8,9,11)(H2,12,13,14). The fraction of sp³-hybridized carbons (Fsp3) is 0.429. The molecule has 16 heavy (non-hydrogen) atoms. The van der Waals surface area contributed by atoms with Crippen LogP contribution in [0.4, 0.5) is 5.82 Å². The third-order valence-electron chi connectivity index (χ3n) is 1.70. The van der Waals surface area contributed by atoms with Gasteiger partial charge >= 0.3 is 13.5 Å². The number of rotatable bonds is 5. The molecule has 0 spiro atoms. The zero-order chi connectivity index (χ0) is 12.2. The molecule has 1 aromatic rings. The molecule has 0 saturated carbocycles. The molecule has 90 valence electrons. The van der Waals surface area contributed by atoms with Gasteiger partial charge in [-0.15, -0.1) is 0 Å². The Morgan fingerprint density at radius 1 is 1.56 bits per heavy atom. The molecule has 0 aliphatic carbocycles. The van der Waals surface area contributed by atoms with Crippen LogP contribution in [-0.4, -0.2) is 25.9 Å². The van der Waals surface area contributed by atoms with Gasteiger partial charge in [-0.1, -0.05) is 0 Å². The molecule has 4 N–H and O–H groups in total. The van der Waals surface area contributed by atoms with E-state index in [-0.39, 0.29) is 25.4 Å². The molecule has 0 aliphatic heterocycles. The minimum atomic E-state index is -4.43. The first-order valence-corrected chi connectivity index (χ1v) is 5.94. The fourth-order valence-electron chi connectivity index (χ4n) is 1.03. The number of aromatic nitrogens is 2. The van der Waals surface area contributed by atoms with Gasteiger partial charge in [0.05, 0.1) is 6.61 Å². The molecule has 0 amide bonds. The number of aryl methyl sites for hydroxylation is 1. The maximum atomic E-state index is 11.2. The Kier molecular flexibility index (Phi) is 4.19. The second-order valence-corrected chi connectivity index (χ2v) is 4.25. The van der Waals surface area contributed by atoms with Crippen molar-refractivity contribution >= 4 is 13.6 Å². The minimum Gasteiger partial charge on any atom is -0.383 e. The van der Waals surface area contributed by atoms with Gasteiger partial charge in [0.2, 0.25) is 0 Å². The number of phosphoric acid groups is 1. The molecule has 8 nitrogen and oxygen atoms in total. The fourth-order valence-corrected chi connectivity index (χ4v) is 1.40. The zero-order valence-corrected chi connectivity index (χ0v) is 9.21. The summed E-state index contributed by atoms with van der Waals surface area (Å²) in [5, 5.41) is 0. The molecule has 0 atom stereocenters. The lowest BCUT2D eigenvalue weighted by molar-refractivity contribution is 0.192. The molecule has 9 heteroatoms. The van der Waals surface area contributed by atoms with E-state index in [4.69, 9.17) is 15.5 Å². The first-order chi connectivity index (χ1) is 7.38. The Hall–Kier alpha value is -1.21. The Balaban J connectivity index is 2.44. The molecule has 1 heterocycles. The van der Waals surface area contributed by atoms with E-state index in [0.29, 0.717) is 0 Å². The molecular formula is C7H12N3O5P. The van der Waals surface area contributed by atoms with Crippen molar-refractivity contribution in [3.8, 4) is 0 Å². The summed E-state index contributed by atoms with van der Waals surface area (Å²) < 4.78 is 15.8. The molecule has 0 aromatic carbocycles. The van der Waals surface area contributed by atoms with Gasteiger partial charge in [0, 0.05) is 12.7 Å². The highest BCUT2D eigenvalue weighted by Crippen LogP contribution is 2.35. The van der Waals surface area contributed by atoms with Crippen molar-refractivity contribution < 1.29 is 18.9 Å². The van der Waals surface area contributed by atoms with Crippen molar-refractivity contribution in [2.45, 2.75) is 13.0 Å². The van der Waals surface area contributed by atoms with Crippen LogP contribution in [0.15, 0.2) is 17.1 Å². The van der Waals surface area contributed by atoms with E-state index in [1.165, 1.54) is 16.8 Å². The highest BCUT2D eigenvalue weighted by Gasteiger charge is 2.12. The lowest BCUT2D eigenvalue weighted by Gasteiger charge is -2.06. The van der Waals surface area contributed by atoms with Gasteiger partial charge in [0.1, 0.15) is 5.82 Å². The van der Waals surface area contributed by atoms with Gasteiger partial charge in [-0.3, -0.25) is 9.09 Å². The Morgan fingerprint density at radius 2 is 2.25 bits per heavy atom. The van der Waals surface area contributed by atoms with Gasteiger partial charge in [0.15, 0.2) is 0 Å². The van der Waals surface area contributed by atoms with Crippen molar-refractivity contribution in [3.05, 3.63) is 22.7 Å². The van der Waals surface area contributed by atoms with Crippen molar-refractivity contribution in [3.63, 3.8) is 0 Å². The third-order valence-corrected chi connectivity index (χ3v) is 2.22.